The summed E-state index contributed by atoms with van der Waals surface area (Å²) in [5.41, 5.74) is 1.41. The van der Waals surface area contributed by atoms with Crippen LogP contribution in [0, 0.1) is 0 Å². The van der Waals surface area contributed by atoms with Gasteiger partial charge in [0.15, 0.2) is 6.29 Å². The number of halogens is 1. The molecule has 0 heterocycles. The van der Waals surface area contributed by atoms with E-state index in [9.17, 15) is 0 Å². The van der Waals surface area contributed by atoms with Gasteiger partial charge in [0.2, 0.25) is 0 Å². The standard InChI is InChI=1S/C13H21BrO2/c1-3-5-7-11-8-6-9-12(11)16-13(10-14)15-4-2/h3,8,12-13H,1,4-7,9-10H2,2H3. The van der Waals surface area contributed by atoms with Crippen LogP contribution < -0.4 is 0 Å². The molecule has 1 rings (SSSR count). The summed E-state index contributed by atoms with van der Waals surface area (Å²) in [7, 11) is 0. The highest BCUT2D eigenvalue weighted by Gasteiger charge is 2.22. The van der Waals surface area contributed by atoms with E-state index in [1.807, 2.05) is 13.0 Å². The van der Waals surface area contributed by atoms with Gasteiger partial charge in [0.1, 0.15) is 0 Å². The smallest absolute Gasteiger partial charge is 0.167 e. The summed E-state index contributed by atoms with van der Waals surface area (Å²) in [6.45, 7) is 6.43. The molecule has 2 atom stereocenters. The van der Waals surface area contributed by atoms with E-state index in [-0.39, 0.29) is 12.4 Å². The molecule has 0 radical (unpaired) electrons. The van der Waals surface area contributed by atoms with Crippen LogP contribution in [0.3, 0.4) is 0 Å². The normalized spacial score (nSPS) is 21.9. The zero-order valence-electron chi connectivity index (χ0n) is 9.95. The van der Waals surface area contributed by atoms with E-state index in [1.165, 1.54) is 5.57 Å². The van der Waals surface area contributed by atoms with E-state index < -0.39 is 0 Å². The average molecular weight is 289 g/mol. The average Bonchev–Trinajstić information content (AvgIpc) is 2.73. The van der Waals surface area contributed by atoms with Crippen LogP contribution in [0.1, 0.15) is 32.6 Å². The third kappa shape index (κ3) is 4.40. The van der Waals surface area contributed by atoms with Gasteiger partial charge in [-0.25, -0.2) is 0 Å². The molecular weight excluding hydrogens is 268 g/mol. The highest BCUT2D eigenvalue weighted by Crippen LogP contribution is 2.27. The molecule has 92 valence electrons. The molecule has 0 N–H and O–H groups in total. The van der Waals surface area contributed by atoms with Gasteiger partial charge in [-0.2, -0.15) is 0 Å². The fraction of sp³-hybridized carbons (Fsp3) is 0.692. The molecule has 0 aromatic rings. The van der Waals surface area contributed by atoms with Crippen LogP contribution in [0.4, 0.5) is 0 Å². The molecule has 1 aliphatic carbocycles. The number of hydrogen-bond acceptors (Lipinski definition) is 2. The van der Waals surface area contributed by atoms with Gasteiger partial charge in [-0.05, 0) is 38.2 Å². The van der Waals surface area contributed by atoms with Crippen LogP contribution in [-0.4, -0.2) is 24.3 Å². The van der Waals surface area contributed by atoms with Crippen molar-refractivity contribution < 1.29 is 9.47 Å². The van der Waals surface area contributed by atoms with Gasteiger partial charge in [0.05, 0.1) is 11.4 Å². The zero-order chi connectivity index (χ0) is 11.8. The first-order valence-electron chi connectivity index (χ1n) is 5.94. The van der Waals surface area contributed by atoms with E-state index in [0.29, 0.717) is 6.61 Å². The molecule has 16 heavy (non-hydrogen) atoms. The zero-order valence-corrected chi connectivity index (χ0v) is 11.5. The molecule has 0 aliphatic heterocycles. The first-order chi connectivity index (χ1) is 7.81. The van der Waals surface area contributed by atoms with E-state index in [2.05, 4.69) is 28.6 Å². The Bertz CT molecular complexity index is 238. The molecule has 0 saturated heterocycles. The highest BCUT2D eigenvalue weighted by atomic mass is 79.9. The summed E-state index contributed by atoms with van der Waals surface area (Å²) in [5, 5.41) is 0.728. The third-order valence-corrected chi connectivity index (χ3v) is 3.21. The lowest BCUT2D eigenvalue weighted by molar-refractivity contribution is -0.144. The predicted molar refractivity (Wildman–Crippen MR) is 70.8 cm³/mol. The molecule has 0 amide bonds. The summed E-state index contributed by atoms with van der Waals surface area (Å²) in [5.74, 6) is 0. The van der Waals surface area contributed by atoms with Crippen LogP contribution in [0.2, 0.25) is 0 Å². The molecule has 3 heteroatoms. The number of ether oxygens (including phenoxy) is 2. The quantitative estimate of drug-likeness (QED) is 0.384. The molecule has 0 bridgehead atoms. The Morgan fingerprint density at radius 1 is 1.69 bits per heavy atom. The number of rotatable bonds is 8. The van der Waals surface area contributed by atoms with Crippen molar-refractivity contribution in [3.05, 3.63) is 24.3 Å². The molecule has 0 fully saturated rings. The second-order valence-electron chi connectivity index (χ2n) is 3.85. The van der Waals surface area contributed by atoms with Gasteiger partial charge < -0.3 is 9.47 Å². The van der Waals surface area contributed by atoms with Crippen LogP contribution in [0.15, 0.2) is 24.3 Å². The van der Waals surface area contributed by atoms with Crippen molar-refractivity contribution in [2.45, 2.75) is 45.0 Å². The van der Waals surface area contributed by atoms with Crippen LogP contribution in [0.5, 0.6) is 0 Å². The molecule has 2 nitrogen and oxygen atoms in total. The largest absolute Gasteiger partial charge is 0.352 e. The maximum absolute atomic E-state index is 5.94. The molecule has 1 aliphatic rings. The number of alkyl halides is 1. The molecular formula is C13H21BrO2. The second kappa shape index (κ2) is 8.04. The summed E-state index contributed by atoms with van der Waals surface area (Å²) < 4.78 is 11.4. The summed E-state index contributed by atoms with van der Waals surface area (Å²) in [6.07, 6.45) is 8.68. The maximum Gasteiger partial charge on any atom is 0.167 e. The Hall–Kier alpha value is -0.120. The van der Waals surface area contributed by atoms with Crippen molar-refractivity contribution in [1.82, 2.24) is 0 Å². The van der Waals surface area contributed by atoms with E-state index in [1.54, 1.807) is 0 Å². The lowest BCUT2D eigenvalue weighted by Crippen LogP contribution is -2.26. The highest BCUT2D eigenvalue weighted by molar-refractivity contribution is 9.09. The van der Waals surface area contributed by atoms with Gasteiger partial charge in [0.25, 0.3) is 0 Å². The summed E-state index contributed by atoms with van der Waals surface area (Å²) in [6, 6.07) is 0. The Morgan fingerprint density at radius 3 is 3.12 bits per heavy atom. The first kappa shape index (κ1) is 13.9. The van der Waals surface area contributed by atoms with E-state index >= 15 is 0 Å². The minimum absolute atomic E-state index is 0.125. The van der Waals surface area contributed by atoms with Gasteiger partial charge in [-0.1, -0.05) is 28.1 Å². The van der Waals surface area contributed by atoms with Crippen LogP contribution in [-0.2, 0) is 9.47 Å². The molecule has 0 spiro atoms. The second-order valence-corrected chi connectivity index (χ2v) is 4.50. The van der Waals surface area contributed by atoms with Gasteiger partial charge in [-0.3, -0.25) is 0 Å². The molecule has 2 unspecified atom stereocenters. The van der Waals surface area contributed by atoms with E-state index in [0.717, 1.165) is 31.0 Å². The van der Waals surface area contributed by atoms with Crippen molar-refractivity contribution in [2.24, 2.45) is 0 Å². The number of allylic oxidation sites excluding steroid dienone is 2. The monoisotopic (exact) mass is 288 g/mol. The van der Waals surface area contributed by atoms with Crippen LogP contribution in [0.25, 0.3) is 0 Å². The lowest BCUT2D eigenvalue weighted by atomic mass is 10.1. The SMILES string of the molecule is C=CCCC1=CCCC1OC(CBr)OCC. The van der Waals surface area contributed by atoms with Gasteiger partial charge in [0, 0.05) is 6.61 Å². The van der Waals surface area contributed by atoms with Crippen molar-refractivity contribution in [3.8, 4) is 0 Å². The molecule has 0 aromatic carbocycles. The summed E-state index contributed by atoms with van der Waals surface area (Å²) >= 11 is 3.41. The maximum atomic E-state index is 5.94. The Balaban J connectivity index is 2.40. The van der Waals surface area contributed by atoms with E-state index in [4.69, 9.17) is 9.47 Å². The van der Waals surface area contributed by atoms with Crippen molar-refractivity contribution in [2.75, 3.05) is 11.9 Å². The Morgan fingerprint density at radius 2 is 2.50 bits per heavy atom. The third-order valence-electron chi connectivity index (χ3n) is 2.68. The van der Waals surface area contributed by atoms with Crippen molar-refractivity contribution >= 4 is 15.9 Å². The van der Waals surface area contributed by atoms with Gasteiger partial charge in [-0.15, -0.1) is 6.58 Å². The lowest BCUT2D eigenvalue weighted by Gasteiger charge is -2.22. The van der Waals surface area contributed by atoms with Crippen LogP contribution >= 0.6 is 15.9 Å². The molecule has 0 saturated carbocycles. The summed E-state index contributed by atoms with van der Waals surface area (Å²) in [4.78, 5) is 0. The molecule has 0 aromatic heterocycles. The minimum Gasteiger partial charge on any atom is -0.352 e. The first-order valence-corrected chi connectivity index (χ1v) is 7.06. The van der Waals surface area contributed by atoms with Gasteiger partial charge >= 0.3 is 0 Å². The minimum atomic E-state index is -0.125. The number of hydrogen-bond donors (Lipinski definition) is 0. The fourth-order valence-corrected chi connectivity index (χ4v) is 2.25. The van der Waals surface area contributed by atoms with Crippen molar-refractivity contribution in [3.63, 3.8) is 0 Å². The Labute approximate surface area is 107 Å². The van der Waals surface area contributed by atoms with Crippen molar-refractivity contribution in [1.29, 1.82) is 0 Å². The topological polar surface area (TPSA) is 18.5 Å². The predicted octanol–water partition coefficient (Wildman–Crippen LogP) is 3.82. The fourth-order valence-electron chi connectivity index (χ4n) is 1.91. The Kier molecular flexibility index (Phi) is 7.01.